The molecule has 0 aliphatic carbocycles. The summed E-state index contributed by atoms with van der Waals surface area (Å²) in [6.07, 6.45) is 0. The fourth-order valence-electron chi connectivity index (χ4n) is 1.93. The van der Waals surface area contributed by atoms with Gasteiger partial charge in [0.2, 0.25) is 0 Å². The number of amides is 1. The molecule has 2 aromatic rings. The van der Waals surface area contributed by atoms with Crippen molar-refractivity contribution in [2.75, 3.05) is 0 Å². The van der Waals surface area contributed by atoms with Gasteiger partial charge in [0.15, 0.2) is 0 Å². The predicted molar refractivity (Wildman–Crippen MR) is 73.5 cm³/mol. The molecule has 0 aromatic heterocycles. The number of nitrogens with one attached hydrogen (secondary N) is 1. The lowest BCUT2D eigenvalue weighted by atomic mass is 10.1. The summed E-state index contributed by atoms with van der Waals surface area (Å²) < 4.78 is 0. The van der Waals surface area contributed by atoms with Crippen molar-refractivity contribution >= 4 is 5.91 Å². The molecule has 0 saturated heterocycles. The van der Waals surface area contributed by atoms with E-state index in [1.54, 1.807) is 0 Å². The molecule has 0 spiro atoms. The van der Waals surface area contributed by atoms with Crippen molar-refractivity contribution in [2.24, 2.45) is 0 Å². The third kappa shape index (κ3) is 2.77. The van der Waals surface area contributed by atoms with Gasteiger partial charge >= 0.3 is 0 Å². The minimum absolute atomic E-state index is 0.0123. The van der Waals surface area contributed by atoms with Crippen molar-refractivity contribution in [3.05, 3.63) is 71.3 Å². The highest BCUT2D eigenvalue weighted by Gasteiger charge is 2.12. The van der Waals surface area contributed by atoms with Gasteiger partial charge in [-0.2, -0.15) is 0 Å². The summed E-state index contributed by atoms with van der Waals surface area (Å²) in [4.78, 5) is 12.1. The van der Waals surface area contributed by atoms with Gasteiger partial charge < -0.3 is 5.32 Å². The normalized spacial score (nSPS) is 11.9. The van der Waals surface area contributed by atoms with Crippen LogP contribution < -0.4 is 5.32 Å². The fourth-order valence-corrected chi connectivity index (χ4v) is 1.93. The van der Waals surface area contributed by atoms with Crippen LogP contribution in [0, 0.1) is 6.92 Å². The molecule has 1 N–H and O–H groups in total. The van der Waals surface area contributed by atoms with Gasteiger partial charge in [0.1, 0.15) is 0 Å². The first-order valence-corrected chi connectivity index (χ1v) is 6.10. The van der Waals surface area contributed by atoms with Crippen molar-refractivity contribution < 1.29 is 4.79 Å². The van der Waals surface area contributed by atoms with Crippen LogP contribution in [0.5, 0.6) is 0 Å². The molecule has 0 heterocycles. The van der Waals surface area contributed by atoms with Crippen molar-refractivity contribution in [1.82, 2.24) is 5.32 Å². The molecule has 2 nitrogen and oxygen atoms in total. The Hall–Kier alpha value is -2.09. The Morgan fingerprint density at radius 2 is 1.61 bits per heavy atom. The zero-order valence-corrected chi connectivity index (χ0v) is 10.7. The molecule has 1 atom stereocenters. The van der Waals surface area contributed by atoms with Crippen LogP contribution in [0.3, 0.4) is 0 Å². The number of carbonyl (C=O) groups is 1. The van der Waals surface area contributed by atoms with Crippen LogP contribution in [0.4, 0.5) is 0 Å². The zero-order valence-electron chi connectivity index (χ0n) is 10.7. The molecular weight excluding hydrogens is 222 g/mol. The lowest BCUT2D eigenvalue weighted by Crippen LogP contribution is -2.27. The number of hydrogen-bond acceptors (Lipinski definition) is 1. The Kier molecular flexibility index (Phi) is 3.78. The SMILES string of the molecule is Cc1ccccc1C(=O)NC(C)c1ccccc1. The minimum Gasteiger partial charge on any atom is -0.346 e. The Labute approximate surface area is 108 Å². The van der Waals surface area contributed by atoms with Crippen molar-refractivity contribution in [3.63, 3.8) is 0 Å². The lowest BCUT2D eigenvalue weighted by molar-refractivity contribution is 0.0939. The highest BCUT2D eigenvalue weighted by Crippen LogP contribution is 2.13. The third-order valence-corrected chi connectivity index (χ3v) is 3.04. The quantitative estimate of drug-likeness (QED) is 0.872. The first-order valence-electron chi connectivity index (χ1n) is 6.10. The fraction of sp³-hybridized carbons (Fsp3) is 0.188. The summed E-state index contributed by atoms with van der Waals surface area (Å²) in [5, 5.41) is 3.01. The number of carbonyl (C=O) groups excluding carboxylic acids is 1. The molecule has 1 unspecified atom stereocenters. The van der Waals surface area contributed by atoms with E-state index in [1.165, 1.54) is 0 Å². The van der Waals surface area contributed by atoms with Gasteiger partial charge in [-0.3, -0.25) is 4.79 Å². The largest absolute Gasteiger partial charge is 0.346 e. The molecule has 92 valence electrons. The van der Waals surface area contributed by atoms with Gasteiger partial charge in [0.25, 0.3) is 5.91 Å². The average Bonchev–Trinajstić information content (AvgIpc) is 2.40. The molecule has 1 amide bonds. The number of aryl methyl sites for hydroxylation is 1. The summed E-state index contributed by atoms with van der Waals surface area (Å²) in [5.41, 5.74) is 2.84. The van der Waals surface area contributed by atoms with Crippen LogP contribution in [-0.4, -0.2) is 5.91 Å². The smallest absolute Gasteiger partial charge is 0.252 e. The minimum atomic E-state index is -0.0237. The maximum atomic E-state index is 12.1. The van der Waals surface area contributed by atoms with Crippen LogP contribution in [-0.2, 0) is 0 Å². The maximum Gasteiger partial charge on any atom is 0.252 e. The summed E-state index contributed by atoms with van der Waals surface area (Å²) in [6, 6.07) is 17.6. The van der Waals surface area contributed by atoms with E-state index < -0.39 is 0 Å². The van der Waals surface area contributed by atoms with Gasteiger partial charge in [-0.1, -0.05) is 48.5 Å². The van der Waals surface area contributed by atoms with Crippen LogP contribution in [0.1, 0.15) is 34.5 Å². The number of benzene rings is 2. The van der Waals surface area contributed by atoms with E-state index in [4.69, 9.17) is 0 Å². The van der Waals surface area contributed by atoms with Crippen LogP contribution >= 0.6 is 0 Å². The third-order valence-electron chi connectivity index (χ3n) is 3.04. The van der Waals surface area contributed by atoms with Crippen LogP contribution in [0.15, 0.2) is 54.6 Å². The second-order valence-corrected chi connectivity index (χ2v) is 4.42. The zero-order chi connectivity index (χ0) is 13.0. The van der Waals surface area contributed by atoms with Crippen molar-refractivity contribution in [1.29, 1.82) is 0 Å². The second-order valence-electron chi connectivity index (χ2n) is 4.42. The molecule has 0 bridgehead atoms. The summed E-state index contributed by atoms with van der Waals surface area (Å²) in [5.74, 6) is -0.0237. The Morgan fingerprint density at radius 1 is 1.00 bits per heavy atom. The molecule has 0 saturated carbocycles. The molecule has 0 radical (unpaired) electrons. The van der Waals surface area contributed by atoms with Gasteiger partial charge in [-0.05, 0) is 31.0 Å². The van der Waals surface area contributed by atoms with E-state index in [-0.39, 0.29) is 11.9 Å². The highest BCUT2D eigenvalue weighted by molar-refractivity contribution is 5.95. The van der Waals surface area contributed by atoms with Crippen molar-refractivity contribution in [3.8, 4) is 0 Å². The van der Waals surface area contributed by atoms with Gasteiger partial charge in [0.05, 0.1) is 6.04 Å². The first kappa shape index (κ1) is 12.4. The van der Waals surface area contributed by atoms with Crippen LogP contribution in [0.25, 0.3) is 0 Å². The van der Waals surface area contributed by atoms with Gasteiger partial charge in [-0.15, -0.1) is 0 Å². The maximum absolute atomic E-state index is 12.1. The van der Waals surface area contributed by atoms with Gasteiger partial charge in [-0.25, -0.2) is 0 Å². The molecule has 18 heavy (non-hydrogen) atoms. The molecule has 0 aliphatic heterocycles. The Balaban J connectivity index is 2.11. The molecule has 2 heteroatoms. The predicted octanol–water partition coefficient (Wildman–Crippen LogP) is 3.49. The van der Waals surface area contributed by atoms with E-state index in [9.17, 15) is 4.79 Å². The standard InChI is InChI=1S/C16H17NO/c1-12-8-6-7-11-15(12)16(18)17-13(2)14-9-4-3-5-10-14/h3-11,13H,1-2H3,(H,17,18). The Bertz CT molecular complexity index is 534. The van der Waals surface area contributed by atoms with Gasteiger partial charge in [0, 0.05) is 5.56 Å². The number of hydrogen-bond donors (Lipinski definition) is 1. The molecule has 0 fully saturated rings. The summed E-state index contributed by atoms with van der Waals surface area (Å²) in [7, 11) is 0. The topological polar surface area (TPSA) is 29.1 Å². The summed E-state index contributed by atoms with van der Waals surface area (Å²) in [6.45, 7) is 3.94. The van der Waals surface area contributed by atoms with E-state index in [0.717, 1.165) is 16.7 Å². The monoisotopic (exact) mass is 239 g/mol. The molecule has 2 aromatic carbocycles. The summed E-state index contributed by atoms with van der Waals surface area (Å²) >= 11 is 0. The highest BCUT2D eigenvalue weighted by atomic mass is 16.1. The van der Waals surface area contributed by atoms with Crippen LogP contribution in [0.2, 0.25) is 0 Å². The average molecular weight is 239 g/mol. The van der Waals surface area contributed by atoms with Crippen molar-refractivity contribution in [2.45, 2.75) is 19.9 Å². The van der Waals surface area contributed by atoms with E-state index in [0.29, 0.717) is 0 Å². The molecule has 2 rings (SSSR count). The van der Waals surface area contributed by atoms with E-state index in [1.807, 2.05) is 68.4 Å². The Morgan fingerprint density at radius 3 is 2.28 bits per heavy atom. The lowest BCUT2D eigenvalue weighted by Gasteiger charge is -2.15. The molecular formula is C16H17NO. The van der Waals surface area contributed by atoms with E-state index in [2.05, 4.69) is 5.32 Å². The second kappa shape index (κ2) is 5.50. The first-order chi connectivity index (χ1) is 8.68. The molecule has 0 aliphatic rings. The van der Waals surface area contributed by atoms with E-state index >= 15 is 0 Å². The number of rotatable bonds is 3.